The molecule has 122 valence electrons. The van der Waals surface area contributed by atoms with E-state index in [0.717, 1.165) is 12.8 Å². The van der Waals surface area contributed by atoms with Crippen LogP contribution < -0.4 is 5.73 Å². The molecule has 1 unspecified atom stereocenters. The summed E-state index contributed by atoms with van der Waals surface area (Å²) in [5, 5.41) is 8.65. The molecule has 0 aromatic rings. The van der Waals surface area contributed by atoms with E-state index in [1.54, 1.807) is 0 Å². The Kier molecular flexibility index (Phi) is 20.8. The fourth-order valence-electron chi connectivity index (χ4n) is 2.51. The van der Waals surface area contributed by atoms with Gasteiger partial charge in [-0.15, -0.1) is 0 Å². The standard InChI is InChI=1S/C17H35NO2.Na.H/c1-2-3-4-5-6-7-8-9-10-11-12-13-14-15-16(18)17(19)20;;/h16H,2-15,18H2,1H3,(H,19,20);;. The van der Waals surface area contributed by atoms with E-state index in [1.165, 1.54) is 70.6 Å². The first-order valence-electron chi connectivity index (χ1n) is 8.67. The van der Waals surface area contributed by atoms with Gasteiger partial charge in [0.15, 0.2) is 0 Å². The molecule has 0 amide bonds. The number of rotatable bonds is 15. The Bertz CT molecular complexity index is 225. The quantitative estimate of drug-likeness (QED) is 0.351. The Balaban J connectivity index is 0. The van der Waals surface area contributed by atoms with Crippen LogP contribution in [0.3, 0.4) is 0 Å². The van der Waals surface area contributed by atoms with Gasteiger partial charge >= 0.3 is 35.5 Å². The van der Waals surface area contributed by atoms with Crippen LogP contribution in [0.4, 0.5) is 0 Å². The molecule has 0 aromatic carbocycles. The van der Waals surface area contributed by atoms with Crippen molar-refractivity contribution in [1.82, 2.24) is 0 Å². The van der Waals surface area contributed by atoms with Crippen LogP contribution in [0.5, 0.6) is 0 Å². The number of hydrogen-bond acceptors (Lipinski definition) is 2. The molecule has 0 fully saturated rings. The average molecular weight is 309 g/mol. The Hall–Kier alpha value is 0.430. The van der Waals surface area contributed by atoms with E-state index in [-0.39, 0.29) is 29.6 Å². The van der Waals surface area contributed by atoms with Gasteiger partial charge < -0.3 is 10.8 Å². The number of carbonyl (C=O) groups is 1. The van der Waals surface area contributed by atoms with Crippen molar-refractivity contribution in [2.24, 2.45) is 5.73 Å². The summed E-state index contributed by atoms with van der Waals surface area (Å²) in [7, 11) is 0. The second-order valence-electron chi connectivity index (χ2n) is 5.98. The second-order valence-corrected chi connectivity index (χ2v) is 5.98. The molecule has 0 aliphatic carbocycles. The molecule has 0 aliphatic heterocycles. The zero-order valence-electron chi connectivity index (χ0n) is 13.4. The molecule has 0 heterocycles. The number of carboxylic acids is 1. The summed E-state index contributed by atoms with van der Waals surface area (Å²) >= 11 is 0. The Morgan fingerprint density at radius 3 is 1.48 bits per heavy atom. The first-order valence-corrected chi connectivity index (χ1v) is 8.67. The molecule has 3 nitrogen and oxygen atoms in total. The van der Waals surface area contributed by atoms with Crippen molar-refractivity contribution in [2.45, 2.75) is 103 Å². The van der Waals surface area contributed by atoms with Crippen molar-refractivity contribution >= 4 is 35.5 Å². The summed E-state index contributed by atoms with van der Waals surface area (Å²) < 4.78 is 0. The molecule has 0 spiro atoms. The maximum atomic E-state index is 10.5. The van der Waals surface area contributed by atoms with E-state index in [1.807, 2.05) is 0 Å². The third kappa shape index (κ3) is 18.4. The van der Waals surface area contributed by atoms with Gasteiger partial charge in [-0.05, 0) is 6.42 Å². The van der Waals surface area contributed by atoms with Crippen LogP contribution in [0.1, 0.15) is 96.8 Å². The molecule has 1 atom stereocenters. The normalized spacial score (nSPS) is 11.9. The number of hydrogen-bond donors (Lipinski definition) is 2. The van der Waals surface area contributed by atoms with E-state index >= 15 is 0 Å². The second kappa shape index (κ2) is 18.5. The molecule has 0 radical (unpaired) electrons. The molecule has 0 aromatic heterocycles. The van der Waals surface area contributed by atoms with Crippen molar-refractivity contribution < 1.29 is 9.90 Å². The van der Waals surface area contributed by atoms with Crippen molar-refractivity contribution in [3.63, 3.8) is 0 Å². The van der Waals surface area contributed by atoms with Crippen LogP contribution in [0, 0.1) is 0 Å². The van der Waals surface area contributed by atoms with E-state index in [9.17, 15) is 4.79 Å². The minimum absolute atomic E-state index is 0. The third-order valence-corrected chi connectivity index (χ3v) is 3.94. The zero-order chi connectivity index (χ0) is 15.1. The Labute approximate surface area is 153 Å². The minimum atomic E-state index is -0.871. The van der Waals surface area contributed by atoms with E-state index in [4.69, 9.17) is 10.8 Å². The van der Waals surface area contributed by atoms with Crippen molar-refractivity contribution in [1.29, 1.82) is 0 Å². The first-order chi connectivity index (χ1) is 9.68. The van der Waals surface area contributed by atoms with E-state index in [2.05, 4.69) is 6.92 Å². The van der Waals surface area contributed by atoms with Crippen LogP contribution in [0.15, 0.2) is 0 Å². The van der Waals surface area contributed by atoms with Crippen LogP contribution in [-0.4, -0.2) is 46.7 Å². The molecule has 0 rings (SSSR count). The molecule has 0 saturated heterocycles. The van der Waals surface area contributed by atoms with E-state index < -0.39 is 12.0 Å². The van der Waals surface area contributed by atoms with Gasteiger partial charge in [-0.2, -0.15) is 0 Å². The molecule has 0 bridgehead atoms. The van der Waals surface area contributed by atoms with Gasteiger partial charge in [-0.3, -0.25) is 4.79 Å². The molecule has 21 heavy (non-hydrogen) atoms. The van der Waals surface area contributed by atoms with Gasteiger partial charge in [0.2, 0.25) is 0 Å². The van der Waals surface area contributed by atoms with E-state index in [0.29, 0.717) is 6.42 Å². The van der Waals surface area contributed by atoms with Crippen LogP contribution in [-0.2, 0) is 4.79 Å². The Morgan fingerprint density at radius 2 is 1.14 bits per heavy atom. The van der Waals surface area contributed by atoms with Crippen LogP contribution in [0.2, 0.25) is 0 Å². The predicted octanol–water partition coefficient (Wildman–Crippen LogP) is 4.23. The van der Waals surface area contributed by atoms with Crippen LogP contribution in [0.25, 0.3) is 0 Å². The molecule has 0 aliphatic rings. The molecule has 4 heteroatoms. The van der Waals surface area contributed by atoms with Crippen LogP contribution >= 0.6 is 0 Å². The van der Waals surface area contributed by atoms with Gasteiger partial charge in [0, 0.05) is 0 Å². The molecule has 0 saturated carbocycles. The zero-order valence-corrected chi connectivity index (χ0v) is 13.4. The fourth-order valence-corrected chi connectivity index (χ4v) is 2.51. The summed E-state index contributed by atoms with van der Waals surface area (Å²) in [6.45, 7) is 2.26. The van der Waals surface area contributed by atoms with Crippen molar-refractivity contribution in [3.05, 3.63) is 0 Å². The number of aliphatic carboxylic acids is 1. The number of unbranched alkanes of at least 4 members (excludes halogenated alkanes) is 12. The average Bonchev–Trinajstić information content (AvgIpc) is 2.43. The fraction of sp³-hybridized carbons (Fsp3) is 0.941. The Morgan fingerprint density at radius 1 is 0.810 bits per heavy atom. The van der Waals surface area contributed by atoms with Gasteiger partial charge in [-0.25, -0.2) is 0 Å². The summed E-state index contributed by atoms with van der Waals surface area (Å²) in [4.78, 5) is 10.5. The van der Waals surface area contributed by atoms with Gasteiger partial charge in [0.05, 0.1) is 0 Å². The van der Waals surface area contributed by atoms with Gasteiger partial charge in [-0.1, -0.05) is 90.4 Å². The third-order valence-electron chi connectivity index (χ3n) is 3.94. The van der Waals surface area contributed by atoms with Gasteiger partial charge in [0.25, 0.3) is 0 Å². The maximum absolute atomic E-state index is 10.5. The van der Waals surface area contributed by atoms with Gasteiger partial charge in [0.1, 0.15) is 6.04 Å². The van der Waals surface area contributed by atoms with Crippen molar-refractivity contribution in [2.75, 3.05) is 0 Å². The summed E-state index contributed by atoms with van der Waals surface area (Å²) in [6.07, 6.45) is 17.6. The topological polar surface area (TPSA) is 63.3 Å². The summed E-state index contributed by atoms with van der Waals surface area (Å²) in [5.74, 6) is -0.871. The number of carboxylic acid groups (broad SMARTS) is 1. The molecule has 3 N–H and O–H groups in total. The van der Waals surface area contributed by atoms with Crippen molar-refractivity contribution in [3.8, 4) is 0 Å². The number of nitrogens with two attached hydrogens (primary N) is 1. The first kappa shape index (κ1) is 23.7. The summed E-state index contributed by atoms with van der Waals surface area (Å²) in [6, 6.07) is -0.664. The SMILES string of the molecule is CCCCCCCCCCCCCCCC(N)C(=O)O.[NaH]. The molecular weight excluding hydrogens is 273 g/mol. The predicted molar refractivity (Wildman–Crippen MR) is 93.1 cm³/mol. The monoisotopic (exact) mass is 309 g/mol. The molecular formula is C17H36NNaO2. The summed E-state index contributed by atoms with van der Waals surface area (Å²) in [5.41, 5.74) is 5.46.